The van der Waals surface area contributed by atoms with Crippen LogP contribution in [0.5, 0.6) is 0 Å². The van der Waals surface area contributed by atoms with Crippen LogP contribution in [0.4, 0.5) is 0 Å². The summed E-state index contributed by atoms with van der Waals surface area (Å²) in [6.07, 6.45) is 49.1. The third-order valence-electron chi connectivity index (χ3n) is 15.9. The molecule has 0 spiro atoms. The highest BCUT2D eigenvalue weighted by molar-refractivity contribution is 8.77. The van der Waals surface area contributed by atoms with Crippen molar-refractivity contribution >= 4 is 82.7 Å². The molecule has 0 atom stereocenters. The Morgan fingerprint density at radius 3 is 0.831 bits per heavy atom. The van der Waals surface area contributed by atoms with Crippen molar-refractivity contribution in [2.45, 2.75) is 284 Å². The van der Waals surface area contributed by atoms with E-state index in [0.29, 0.717) is 91.8 Å². The molecule has 0 aromatic carbocycles. The van der Waals surface area contributed by atoms with Gasteiger partial charge in [0.1, 0.15) is 0 Å². The van der Waals surface area contributed by atoms with Crippen molar-refractivity contribution in [3.05, 3.63) is 0 Å². The van der Waals surface area contributed by atoms with Crippen molar-refractivity contribution in [3.63, 3.8) is 0 Å². The Kier molecular flexibility index (Phi) is 77.5. The van der Waals surface area contributed by atoms with Crippen molar-refractivity contribution in [3.8, 4) is 0 Å². The van der Waals surface area contributed by atoms with E-state index in [1.165, 1.54) is 227 Å². The molecule has 89 heavy (non-hydrogen) atoms. The zero-order valence-corrected chi connectivity index (χ0v) is 63.4. The molecule has 0 aromatic rings. The minimum absolute atomic E-state index is 0.123. The fourth-order valence-electron chi connectivity index (χ4n) is 10.2. The largest absolute Gasteiger partial charge is 0.466 e. The maximum atomic E-state index is 13.0. The summed E-state index contributed by atoms with van der Waals surface area (Å²) in [5, 5.41) is 0. The van der Waals surface area contributed by atoms with Gasteiger partial charge in [-0.25, -0.2) is 0 Å². The lowest BCUT2D eigenvalue weighted by atomic mass is 10.1. The van der Waals surface area contributed by atoms with E-state index < -0.39 is 0 Å². The molecule has 0 aliphatic heterocycles. The van der Waals surface area contributed by atoms with E-state index in [-0.39, 0.29) is 17.9 Å². The highest BCUT2D eigenvalue weighted by atomic mass is 33.1. The molecule has 18 heteroatoms. The van der Waals surface area contributed by atoms with Gasteiger partial charge in [0.15, 0.2) is 0 Å². The van der Waals surface area contributed by atoms with Gasteiger partial charge in [-0.3, -0.25) is 14.4 Å². The van der Waals surface area contributed by atoms with Gasteiger partial charge in [0.25, 0.3) is 0 Å². The van der Waals surface area contributed by atoms with Gasteiger partial charge in [0, 0.05) is 67.8 Å². The van der Waals surface area contributed by atoms with E-state index in [1.807, 2.05) is 64.8 Å². The summed E-state index contributed by atoms with van der Waals surface area (Å²) >= 11 is 0. The molecule has 0 heterocycles. The van der Waals surface area contributed by atoms with Crippen molar-refractivity contribution in [1.29, 1.82) is 0 Å². The minimum Gasteiger partial charge on any atom is -0.466 e. The lowest BCUT2D eigenvalue weighted by molar-refractivity contribution is -0.145. The van der Waals surface area contributed by atoms with E-state index in [9.17, 15) is 14.4 Å². The average Bonchev–Trinajstić information content (AvgIpc) is 3.57. The number of carbonyl (C=O) groups excluding carboxylic acids is 3. The van der Waals surface area contributed by atoms with Crippen LogP contribution in [-0.4, -0.2) is 186 Å². The van der Waals surface area contributed by atoms with E-state index >= 15 is 0 Å². The number of esters is 3. The van der Waals surface area contributed by atoms with E-state index in [4.69, 9.17) is 28.4 Å². The number of rotatable bonds is 77. The Balaban J connectivity index is 4.84. The van der Waals surface area contributed by atoms with Gasteiger partial charge in [0.05, 0.1) is 72.1 Å². The zero-order chi connectivity index (χ0) is 64.5. The standard InChI is InChI=1S/C71H141N3O9S6/c1-6-9-12-15-18-21-27-36-63-84-87-66-39-30-24-33-55-81-69(75)44-51-73(52-45-70(76)82-56-34-25-31-40-67-88-85-64-37-28-22-19-16-13-10-7-2)49-42-47-72(4)48-43-50-74(54-58-79-61-62-80-60-59-78-5)53-46-71(77)83-57-35-26-32-41-68-89-86-65-38-29-23-20-17-14-11-8-3/h6-68H2,1-5H3. The number of nitrogens with zero attached hydrogens (tertiary/aromatic N) is 3. The maximum Gasteiger partial charge on any atom is 0.307 e. The molecule has 0 saturated heterocycles. The molecule has 0 rings (SSSR count). The van der Waals surface area contributed by atoms with Crippen LogP contribution >= 0.6 is 64.8 Å². The predicted octanol–water partition coefficient (Wildman–Crippen LogP) is 20.0. The summed E-state index contributed by atoms with van der Waals surface area (Å²) in [5.41, 5.74) is 0. The fraction of sp³-hybridized carbons (Fsp3) is 0.958. The number of ether oxygens (including phenoxy) is 6. The van der Waals surface area contributed by atoms with Crippen molar-refractivity contribution in [2.75, 3.05) is 154 Å². The van der Waals surface area contributed by atoms with E-state index in [0.717, 1.165) is 84.1 Å². The summed E-state index contributed by atoms with van der Waals surface area (Å²) in [7, 11) is 16.0. The van der Waals surface area contributed by atoms with Crippen LogP contribution in [0.2, 0.25) is 0 Å². The van der Waals surface area contributed by atoms with Crippen molar-refractivity contribution in [1.82, 2.24) is 14.7 Å². The first-order chi connectivity index (χ1) is 43.9. The fourth-order valence-corrected chi connectivity index (χ4v) is 17.1. The van der Waals surface area contributed by atoms with Gasteiger partial charge in [-0.05, 0) is 104 Å². The molecule has 0 unspecified atom stereocenters. The van der Waals surface area contributed by atoms with Crippen LogP contribution < -0.4 is 0 Å². The molecule has 0 aromatic heterocycles. The molecule has 0 radical (unpaired) electrons. The first-order valence-corrected chi connectivity index (χ1v) is 44.3. The SMILES string of the molecule is CCCCCCCCCCSSCCCCCCOC(=O)CCN(CCCN(C)CCCN(CCC(=O)OCCCCCCSSCCCCCCCCCC)CCC(=O)OCCCCCCSSCCCCCCCCCC)CCOCCOCCOC. The summed E-state index contributed by atoms with van der Waals surface area (Å²) in [6.45, 7) is 17.0. The number of methoxy groups -OCH3 is 1. The van der Waals surface area contributed by atoms with E-state index in [2.05, 4.69) is 42.5 Å². The Hall–Kier alpha value is 0.270. The summed E-state index contributed by atoms with van der Waals surface area (Å²) in [6, 6.07) is 0. The minimum atomic E-state index is -0.157. The molecular weight excluding hydrogens is 1230 g/mol. The zero-order valence-electron chi connectivity index (χ0n) is 58.5. The van der Waals surface area contributed by atoms with Crippen LogP contribution in [0.25, 0.3) is 0 Å². The Labute approximate surface area is 574 Å². The first kappa shape index (κ1) is 89.3. The molecular formula is C71H141N3O9S6. The van der Waals surface area contributed by atoms with Crippen molar-refractivity contribution < 1.29 is 42.8 Å². The predicted molar refractivity (Wildman–Crippen MR) is 398 cm³/mol. The van der Waals surface area contributed by atoms with Gasteiger partial charge in [0.2, 0.25) is 0 Å². The second kappa shape index (κ2) is 77.3. The topological polar surface area (TPSA) is 116 Å². The lowest BCUT2D eigenvalue weighted by Gasteiger charge is -2.25. The van der Waals surface area contributed by atoms with Crippen LogP contribution in [0.1, 0.15) is 284 Å². The quantitative estimate of drug-likeness (QED) is 0.0249. The second-order valence-corrected chi connectivity index (χ2v) is 32.5. The van der Waals surface area contributed by atoms with Crippen LogP contribution in [0.15, 0.2) is 0 Å². The van der Waals surface area contributed by atoms with Gasteiger partial charge < -0.3 is 43.1 Å². The third-order valence-corrected chi connectivity index (χ3v) is 23.7. The average molecular weight is 1370 g/mol. The van der Waals surface area contributed by atoms with Gasteiger partial charge in [-0.2, -0.15) is 0 Å². The number of hydrogen-bond acceptors (Lipinski definition) is 18. The van der Waals surface area contributed by atoms with E-state index in [1.54, 1.807) is 7.11 Å². The summed E-state index contributed by atoms with van der Waals surface area (Å²) in [4.78, 5) is 45.7. The Bertz CT molecular complexity index is 1390. The lowest BCUT2D eigenvalue weighted by Crippen LogP contribution is -2.34. The third kappa shape index (κ3) is 73.9. The monoisotopic (exact) mass is 1370 g/mol. The highest BCUT2D eigenvalue weighted by Crippen LogP contribution is 2.27. The second-order valence-electron chi connectivity index (χ2n) is 24.4. The van der Waals surface area contributed by atoms with Gasteiger partial charge >= 0.3 is 17.9 Å². The normalized spacial score (nSPS) is 11.7. The number of unbranched alkanes of at least 4 members (excludes halogenated alkanes) is 30. The number of hydrogen-bond donors (Lipinski definition) is 0. The molecule has 530 valence electrons. The Morgan fingerprint density at radius 2 is 0.528 bits per heavy atom. The van der Waals surface area contributed by atoms with Crippen LogP contribution in [0, 0.1) is 0 Å². The highest BCUT2D eigenvalue weighted by Gasteiger charge is 2.15. The molecule has 0 amide bonds. The molecule has 12 nitrogen and oxygen atoms in total. The van der Waals surface area contributed by atoms with Gasteiger partial charge in [-0.1, -0.05) is 259 Å². The molecule has 0 aliphatic rings. The van der Waals surface area contributed by atoms with Gasteiger partial charge in [-0.15, -0.1) is 0 Å². The summed E-state index contributed by atoms with van der Waals surface area (Å²) in [5.74, 6) is 6.95. The van der Waals surface area contributed by atoms with Crippen LogP contribution in [0.3, 0.4) is 0 Å². The number of carbonyl (C=O) groups is 3. The summed E-state index contributed by atoms with van der Waals surface area (Å²) < 4.78 is 33.7. The Morgan fingerprint density at radius 1 is 0.270 bits per heavy atom. The molecule has 0 saturated carbocycles. The smallest absolute Gasteiger partial charge is 0.307 e. The molecule has 0 aliphatic carbocycles. The molecule has 0 N–H and O–H groups in total. The molecule has 0 fully saturated rings. The van der Waals surface area contributed by atoms with Crippen LogP contribution in [-0.2, 0) is 42.8 Å². The molecule has 0 bridgehead atoms. The maximum absolute atomic E-state index is 13.0. The van der Waals surface area contributed by atoms with Crippen molar-refractivity contribution in [2.24, 2.45) is 0 Å². The first-order valence-electron chi connectivity index (χ1n) is 36.8.